The second-order valence-corrected chi connectivity index (χ2v) is 10.6. The lowest BCUT2D eigenvalue weighted by Crippen LogP contribution is -2.34. The average molecular weight is 565 g/mol. The van der Waals surface area contributed by atoms with Crippen molar-refractivity contribution in [2.45, 2.75) is 37.5 Å². The molecule has 9 nitrogen and oxygen atoms in total. The number of fused-ring (bicyclic) bond motifs is 1. The van der Waals surface area contributed by atoms with Crippen molar-refractivity contribution in [1.29, 1.82) is 0 Å². The largest absolute Gasteiger partial charge is 0.457 e. The quantitative estimate of drug-likeness (QED) is 0.122. The summed E-state index contributed by atoms with van der Waals surface area (Å²) in [6.45, 7) is 3.25. The molecule has 0 unspecified atom stereocenters. The fourth-order valence-corrected chi connectivity index (χ4v) is 5.58. The van der Waals surface area contributed by atoms with Gasteiger partial charge in [-0.15, -0.1) is 0 Å². The fraction of sp³-hybridized carbons (Fsp3) is 0.400. The highest BCUT2D eigenvalue weighted by Gasteiger charge is 2.42. The first kappa shape index (κ1) is 28.3. The van der Waals surface area contributed by atoms with Gasteiger partial charge >= 0.3 is 0 Å². The van der Waals surface area contributed by atoms with E-state index in [1.807, 2.05) is 59.3 Å². The summed E-state index contributed by atoms with van der Waals surface area (Å²) in [7, 11) is 1.78. The van der Waals surface area contributed by atoms with Gasteiger partial charge in [0.1, 0.15) is 29.1 Å². The van der Waals surface area contributed by atoms with E-state index >= 15 is 0 Å². The number of anilines is 1. The minimum absolute atomic E-state index is 0.0585. The molecule has 212 valence electrons. The van der Waals surface area contributed by atoms with Gasteiger partial charge in [-0.3, -0.25) is 0 Å². The molecule has 5 N–H and O–H groups in total. The highest BCUT2D eigenvalue weighted by molar-refractivity contribution is 6.28. The van der Waals surface area contributed by atoms with Gasteiger partial charge in [0.25, 0.3) is 0 Å². The lowest BCUT2D eigenvalue weighted by Gasteiger charge is -2.19. The van der Waals surface area contributed by atoms with Crippen LogP contribution in [-0.2, 0) is 6.42 Å². The maximum absolute atomic E-state index is 10.8. The van der Waals surface area contributed by atoms with Crippen LogP contribution in [0.3, 0.4) is 0 Å². The van der Waals surface area contributed by atoms with Crippen molar-refractivity contribution in [2.24, 2.45) is 5.92 Å². The van der Waals surface area contributed by atoms with E-state index in [4.69, 9.17) is 16.3 Å². The number of nitrogens with zero attached hydrogens (tertiary/aromatic N) is 3. The summed E-state index contributed by atoms with van der Waals surface area (Å²) in [6, 6.07) is 19.6. The van der Waals surface area contributed by atoms with Gasteiger partial charge in [0, 0.05) is 25.7 Å². The lowest BCUT2D eigenvalue weighted by molar-refractivity contribution is 0.00694. The molecule has 1 fully saturated rings. The Balaban J connectivity index is 1.02. The third kappa shape index (κ3) is 6.74. The lowest BCUT2D eigenvalue weighted by atomic mass is 10.1. The molecular weight excluding hydrogens is 528 g/mol. The highest BCUT2D eigenvalue weighted by Crippen LogP contribution is 2.38. The first-order valence-electron chi connectivity index (χ1n) is 13.8. The Bertz CT molecular complexity index is 1380. The molecule has 2 aromatic carbocycles. The summed E-state index contributed by atoms with van der Waals surface area (Å²) >= 11 is 6.12. The van der Waals surface area contributed by atoms with Gasteiger partial charge in [0.05, 0.1) is 17.5 Å². The number of aromatic nitrogens is 3. The Kier molecular flexibility index (Phi) is 9.51. The molecule has 5 rings (SSSR count). The summed E-state index contributed by atoms with van der Waals surface area (Å²) in [4.78, 5) is 8.60. The zero-order valence-corrected chi connectivity index (χ0v) is 23.4. The smallest absolute Gasteiger partial charge is 0.226 e. The number of aliphatic hydroxyl groups is 2. The third-order valence-corrected chi connectivity index (χ3v) is 7.66. The monoisotopic (exact) mass is 564 g/mol. The molecule has 10 heteroatoms. The van der Waals surface area contributed by atoms with E-state index in [0.29, 0.717) is 24.4 Å². The molecule has 40 heavy (non-hydrogen) atoms. The van der Waals surface area contributed by atoms with Gasteiger partial charge in [-0.1, -0.05) is 30.3 Å². The van der Waals surface area contributed by atoms with Crippen LogP contribution in [0.5, 0.6) is 11.5 Å². The van der Waals surface area contributed by atoms with E-state index in [1.165, 1.54) is 5.56 Å². The normalized spacial score (nSPS) is 20.7. The molecule has 0 radical (unpaired) electrons. The third-order valence-electron chi connectivity index (χ3n) is 7.49. The van der Waals surface area contributed by atoms with Crippen molar-refractivity contribution < 1.29 is 14.9 Å². The summed E-state index contributed by atoms with van der Waals surface area (Å²) in [5.41, 5.74) is 1.88. The van der Waals surface area contributed by atoms with Crippen molar-refractivity contribution in [3.8, 4) is 11.5 Å². The summed E-state index contributed by atoms with van der Waals surface area (Å²) in [6.07, 6.45) is 2.72. The molecule has 0 spiro atoms. The zero-order valence-electron chi connectivity index (χ0n) is 22.6. The molecule has 0 bridgehead atoms. The standard InChI is InChI=1S/C30H37ClN6O3/c1-32-28-24-12-16-37(29(24)36-30(31)35-28)25-18-21(26(38)27(25)39)19-34-14-6-13-33-15-11-20-7-5-10-23(17-20)40-22-8-3-2-4-9-22/h2-5,7-10,12,16-17,21,25-27,33-34,38-39H,6,11,13-15,18-19H2,1H3,(H,32,35,36)/t21-,25-,26-,27+/m1/s1. The van der Waals surface area contributed by atoms with Crippen molar-refractivity contribution in [2.75, 3.05) is 38.5 Å². The maximum Gasteiger partial charge on any atom is 0.226 e. The summed E-state index contributed by atoms with van der Waals surface area (Å²) < 4.78 is 7.84. The number of ether oxygens (including phenoxy) is 1. The minimum atomic E-state index is -0.882. The second kappa shape index (κ2) is 13.4. The first-order chi connectivity index (χ1) is 19.5. The highest BCUT2D eigenvalue weighted by atomic mass is 35.5. The summed E-state index contributed by atoms with van der Waals surface area (Å²) in [5.74, 6) is 2.26. The van der Waals surface area contributed by atoms with Crippen LogP contribution in [-0.4, -0.2) is 70.2 Å². The van der Waals surface area contributed by atoms with Crippen LogP contribution in [0.2, 0.25) is 5.28 Å². The van der Waals surface area contributed by atoms with Gasteiger partial charge in [-0.05, 0) is 86.4 Å². The number of nitrogens with one attached hydrogen (secondary N) is 3. The van der Waals surface area contributed by atoms with Crippen LogP contribution in [0.15, 0.2) is 66.9 Å². The van der Waals surface area contributed by atoms with Crippen LogP contribution in [0.25, 0.3) is 11.0 Å². The predicted octanol–water partition coefficient (Wildman–Crippen LogP) is 4.01. The molecule has 0 saturated heterocycles. The molecular formula is C30H37ClN6O3. The van der Waals surface area contributed by atoms with E-state index < -0.39 is 12.2 Å². The molecule has 1 saturated carbocycles. The van der Waals surface area contributed by atoms with Crippen LogP contribution < -0.4 is 20.7 Å². The van der Waals surface area contributed by atoms with Crippen LogP contribution in [0.4, 0.5) is 5.82 Å². The molecule has 1 aliphatic carbocycles. The predicted molar refractivity (Wildman–Crippen MR) is 158 cm³/mol. The Morgan fingerprint density at radius 2 is 1.75 bits per heavy atom. The number of rotatable bonds is 13. The molecule has 2 heterocycles. The maximum atomic E-state index is 10.8. The van der Waals surface area contributed by atoms with E-state index in [2.05, 4.69) is 38.1 Å². The summed E-state index contributed by atoms with van der Waals surface area (Å²) in [5, 5.41) is 32.5. The van der Waals surface area contributed by atoms with E-state index in [9.17, 15) is 10.2 Å². The van der Waals surface area contributed by atoms with Crippen LogP contribution in [0, 0.1) is 5.92 Å². The van der Waals surface area contributed by atoms with Crippen LogP contribution in [0.1, 0.15) is 24.4 Å². The van der Waals surface area contributed by atoms with E-state index in [0.717, 1.165) is 49.4 Å². The van der Waals surface area contributed by atoms with E-state index in [1.54, 1.807) is 7.05 Å². The average Bonchev–Trinajstić information content (AvgIpc) is 3.50. The van der Waals surface area contributed by atoms with Crippen molar-refractivity contribution in [3.05, 3.63) is 77.7 Å². The van der Waals surface area contributed by atoms with E-state index in [-0.39, 0.29) is 17.2 Å². The molecule has 2 aromatic heterocycles. The molecule has 0 amide bonds. The molecule has 4 aromatic rings. The Morgan fingerprint density at radius 1 is 0.950 bits per heavy atom. The number of hydrogen-bond acceptors (Lipinski definition) is 8. The molecule has 0 aliphatic heterocycles. The van der Waals surface area contributed by atoms with Gasteiger partial charge in [-0.2, -0.15) is 4.98 Å². The fourth-order valence-electron chi connectivity index (χ4n) is 5.42. The van der Waals surface area contributed by atoms with Crippen molar-refractivity contribution in [3.63, 3.8) is 0 Å². The van der Waals surface area contributed by atoms with Gasteiger partial charge in [0.15, 0.2) is 0 Å². The number of para-hydroxylation sites is 1. The number of benzene rings is 2. The Labute approximate surface area is 239 Å². The zero-order chi connectivity index (χ0) is 27.9. The Hall–Kier alpha value is -3.21. The van der Waals surface area contributed by atoms with Crippen LogP contribution >= 0.6 is 11.6 Å². The topological polar surface area (TPSA) is 116 Å². The van der Waals surface area contributed by atoms with Gasteiger partial charge in [0.2, 0.25) is 5.28 Å². The second-order valence-electron chi connectivity index (χ2n) is 10.2. The number of hydrogen-bond donors (Lipinski definition) is 5. The number of halogens is 1. The Morgan fingerprint density at radius 3 is 2.58 bits per heavy atom. The van der Waals surface area contributed by atoms with Crippen molar-refractivity contribution in [1.82, 2.24) is 25.2 Å². The molecule has 4 atom stereocenters. The SMILES string of the molecule is CNc1nc(Cl)nc2c1ccn2[C@@H]1C[C@H](CNCCCNCCc2cccc(Oc3ccccc3)c2)[C@@H](O)[C@H]1O. The van der Waals surface area contributed by atoms with Gasteiger partial charge < -0.3 is 35.5 Å². The number of aliphatic hydroxyl groups excluding tert-OH is 2. The molecule has 1 aliphatic rings. The van der Waals surface area contributed by atoms with Gasteiger partial charge in [-0.25, -0.2) is 4.98 Å². The minimum Gasteiger partial charge on any atom is -0.457 e. The first-order valence-corrected chi connectivity index (χ1v) is 14.2. The van der Waals surface area contributed by atoms with Crippen molar-refractivity contribution >= 4 is 28.5 Å².